The van der Waals surface area contributed by atoms with E-state index in [0.717, 1.165) is 5.92 Å². The zero-order chi connectivity index (χ0) is 8.39. The molecular formula is C11H14S. The molecule has 0 amide bonds. The van der Waals surface area contributed by atoms with E-state index in [1.165, 1.54) is 23.5 Å². The van der Waals surface area contributed by atoms with Gasteiger partial charge in [0.15, 0.2) is 0 Å². The lowest BCUT2D eigenvalue weighted by atomic mass is 9.97. The highest BCUT2D eigenvalue weighted by molar-refractivity contribution is 7.99. The molecule has 2 rings (SSSR count). The van der Waals surface area contributed by atoms with Crippen LogP contribution in [0.15, 0.2) is 24.3 Å². The van der Waals surface area contributed by atoms with Gasteiger partial charge in [-0.05, 0) is 30.6 Å². The average Bonchev–Trinajstić information content (AvgIpc) is 2.56. The summed E-state index contributed by atoms with van der Waals surface area (Å²) in [5.41, 5.74) is 2.93. The van der Waals surface area contributed by atoms with Crippen LogP contribution in [0.25, 0.3) is 0 Å². The molecule has 0 aromatic heterocycles. The number of aryl methyl sites for hydroxylation is 1. The second-order valence-electron chi connectivity index (χ2n) is 3.47. The Morgan fingerprint density at radius 1 is 1.42 bits per heavy atom. The quantitative estimate of drug-likeness (QED) is 0.636. The van der Waals surface area contributed by atoms with E-state index in [0.29, 0.717) is 0 Å². The molecule has 0 radical (unpaired) electrons. The highest BCUT2D eigenvalue weighted by Crippen LogP contribution is 2.32. The van der Waals surface area contributed by atoms with Crippen LogP contribution in [0.3, 0.4) is 0 Å². The zero-order valence-electron chi connectivity index (χ0n) is 7.42. The monoisotopic (exact) mass is 178 g/mol. The van der Waals surface area contributed by atoms with Crippen LogP contribution in [-0.4, -0.2) is 11.5 Å². The van der Waals surface area contributed by atoms with E-state index in [2.05, 4.69) is 43.0 Å². The van der Waals surface area contributed by atoms with Crippen LogP contribution in [0.1, 0.15) is 23.5 Å². The van der Waals surface area contributed by atoms with Crippen molar-refractivity contribution in [2.24, 2.45) is 0 Å². The van der Waals surface area contributed by atoms with Gasteiger partial charge in [-0.3, -0.25) is 0 Å². The summed E-state index contributed by atoms with van der Waals surface area (Å²) in [6, 6.07) is 8.94. The second-order valence-corrected chi connectivity index (χ2v) is 4.62. The highest BCUT2D eigenvalue weighted by Gasteiger charge is 2.16. The Balaban J connectivity index is 2.21. The average molecular weight is 178 g/mol. The summed E-state index contributed by atoms with van der Waals surface area (Å²) in [6.45, 7) is 2.17. The van der Waals surface area contributed by atoms with Gasteiger partial charge in [-0.2, -0.15) is 11.8 Å². The van der Waals surface area contributed by atoms with E-state index >= 15 is 0 Å². The molecule has 64 valence electrons. The van der Waals surface area contributed by atoms with Gasteiger partial charge in [0.2, 0.25) is 0 Å². The van der Waals surface area contributed by atoms with Crippen LogP contribution in [-0.2, 0) is 0 Å². The predicted octanol–water partition coefficient (Wildman–Crippen LogP) is 3.22. The molecule has 1 atom stereocenters. The molecule has 1 aromatic carbocycles. The van der Waals surface area contributed by atoms with Crippen molar-refractivity contribution < 1.29 is 0 Å². The molecule has 0 bridgehead atoms. The van der Waals surface area contributed by atoms with Crippen LogP contribution in [0.4, 0.5) is 0 Å². The van der Waals surface area contributed by atoms with Crippen LogP contribution >= 0.6 is 11.8 Å². The standard InChI is InChI=1S/C11H14S/c1-9-3-2-4-10(7-9)11-5-6-12-8-11/h2-4,7,11H,5-6,8H2,1H3. The molecule has 1 saturated heterocycles. The fourth-order valence-electron chi connectivity index (χ4n) is 1.72. The number of hydrogen-bond acceptors (Lipinski definition) is 1. The van der Waals surface area contributed by atoms with Crippen molar-refractivity contribution in [3.63, 3.8) is 0 Å². The number of hydrogen-bond donors (Lipinski definition) is 0. The molecule has 1 unspecified atom stereocenters. The minimum atomic E-state index is 0.829. The SMILES string of the molecule is Cc1cccc(C2CCSC2)c1. The van der Waals surface area contributed by atoms with Gasteiger partial charge in [-0.1, -0.05) is 29.8 Å². The Morgan fingerprint density at radius 3 is 3.00 bits per heavy atom. The van der Waals surface area contributed by atoms with E-state index in [1.54, 1.807) is 5.56 Å². The maximum Gasteiger partial charge on any atom is 0.000177 e. The molecule has 0 aliphatic carbocycles. The smallest absolute Gasteiger partial charge is 0.000177 e. The molecule has 0 N–H and O–H groups in total. The van der Waals surface area contributed by atoms with Gasteiger partial charge in [-0.15, -0.1) is 0 Å². The molecular weight excluding hydrogens is 164 g/mol. The summed E-state index contributed by atoms with van der Waals surface area (Å²) < 4.78 is 0. The Kier molecular flexibility index (Phi) is 2.40. The minimum Gasteiger partial charge on any atom is -0.161 e. The van der Waals surface area contributed by atoms with E-state index in [-0.39, 0.29) is 0 Å². The summed E-state index contributed by atoms with van der Waals surface area (Å²) >= 11 is 2.08. The van der Waals surface area contributed by atoms with E-state index in [1.807, 2.05) is 0 Å². The Morgan fingerprint density at radius 2 is 2.33 bits per heavy atom. The molecule has 12 heavy (non-hydrogen) atoms. The topological polar surface area (TPSA) is 0 Å². The highest BCUT2D eigenvalue weighted by atomic mass is 32.2. The normalized spacial score (nSPS) is 22.9. The molecule has 1 heteroatoms. The second kappa shape index (κ2) is 3.53. The fraction of sp³-hybridized carbons (Fsp3) is 0.455. The molecule has 0 nitrogen and oxygen atoms in total. The third-order valence-corrected chi connectivity index (χ3v) is 3.61. The summed E-state index contributed by atoms with van der Waals surface area (Å²) in [5.74, 6) is 3.50. The Hall–Kier alpha value is -0.430. The van der Waals surface area contributed by atoms with Crippen molar-refractivity contribution in [3.8, 4) is 0 Å². The molecule has 1 aliphatic heterocycles. The Labute approximate surface area is 78.4 Å². The summed E-state index contributed by atoms with van der Waals surface area (Å²) in [4.78, 5) is 0. The van der Waals surface area contributed by atoms with Crippen LogP contribution in [0.5, 0.6) is 0 Å². The molecule has 1 fully saturated rings. The summed E-state index contributed by atoms with van der Waals surface area (Å²) in [5, 5.41) is 0. The van der Waals surface area contributed by atoms with E-state index < -0.39 is 0 Å². The van der Waals surface area contributed by atoms with Crippen molar-refractivity contribution in [3.05, 3.63) is 35.4 Å². The minimum absolute atomic E-state index is 0.829. The molecule has 1 heterocycles. The van der Waals surface area contributed by atoms with E-state index in [9.17, 15) is 0 Å². The lowest BCUT2D eigenvalue weighted by Crippen LogP contribution is -1.95. The first-order chi connectivity index (χ1) is 5.86. The number of benzene rings is 1. The van der Waals surface area contributed by atoms with Crippen molar-refractivity contribution >= 4 is 11.8 Å². The first-order valence-electron chi connectivity index (χ1n) is 4.50. The number of rotatable bonds is 1. The van der Waals surface area contributed by atoms with Gasteiger partial charge in [0, 0.05) is 5.75 Å². The van der Waals surface area contributed by atoms with Crippen LogP contribution in [0, 0.1) is 6.92 Å². The first-order valence-corrected chi connectivity index (χ1v) is 5.66. The molecule has 0 saturated carbocycles. The van der Waals surface area contributed by atoms with Crippen molar-refractivity contribution in [2.45, 2.75) is 19.3 Å². The largest absolute Gasteiger partial charge is 0.161 e. The van der Waals surface area contributed by atoms with Crippen LogP contribution in [0.2, 0.25) is 0 Å². The van der Waals surface area contributed by atoms with Gasteiger partial charge in [0.25, 0.3) is 0 Å². The lowest BCUT2D eigenvalue weighted by molar-refractivity contribution is 0.781. The van der Waals surface area contributed by atoms with Gasteiger partial charge < -0.3 is 0 Å². The third kappa shape index (κ3) is 1.66. The van der Waals surface area contributed by atoms with Gasteiger partial charge in [0.1, 0.15) is 0 Å². The first kappa shape index (κ1) is 8.18. The maximum absolute atomic E-state index is 2.33. The van der Waals surface area contributed by atoms with E-state index in [4.69, 9.17) is 0 Å². The zero-order valence-corrected chi connectivity index (χ0v) is 8.23. The van der Waals surface area contributed by atoms with Gasteiger partial charge >= 0.3 is 0 Å². The molecule has 1 aliphatic rings. The molecule has 0 spiro atoms. The summed E-state index contributed by atoms with van der Waals surface area (Å²) in [6.07, 6.45) is 1.37. The van der Waals surface area contributed by atoms with Gasteiger partial charge in [0.05, 0.1) is 0 Å². The van der Waals surface area contributed by atoms with Crippen molar-refractivity contribution in [2.75, 3.05) is 11.5 Å². The number of thioether (sulfide) groups is 1. The molecule has 1 aromatic rings. The summed E-state index contributed by atoms with van der Waals surface area (Å²) in [7, 11) is 0. The maximum atomic E-state index is 2.33. The third-order valence-electron chi connectivity index (χ3n) is 2.44. The predicted molar refractivity (Wildman–Crippen MR) is 55.9 cm³/mol. The van der Waals surface area contributed by atoms with Crippen LogP contribution < -0.4 is 0 Å². The van der Waals surface area contributed by atoms with Gasteiger partial charge in [-0.25, -0.2) is 0 Å². The lowest BCUT2D eigenvalue weighted by Gasteiger charge is -2.08. The van der Waals surface area contributed by atoms with Crippen molar-refractivity contribution in [1.82, 2.24) is 0 Å². The fourth-order valence-corrected chi connectivity index (χ4v) is 2.98. The Bertz CT molecular complexity index is 261. The van der Waals surface area contributed by atoms with Crippen molar-refractivity contribution in [1.29, 1.82) is 0 Å².